The predicted molar refractivity (Wildman–Crippen MR) is 88.9 cm³/mol. The van der Waals surface area contributed by atoms with E-state index in [1.54, 1.807) is 7.11 Å². The zero-order valence-electron chi connectivity index (χ0n) is 12.3. The van der Waals surface area contributed by atoms with E-state index in [0.717, 1.165) is 22.2 Å². The lowest BCUT2D eigenvalue weighted by atomic mass is 10.1. The summed E-state index contributed by atoms with van der Waals surface area (Å²) in [6, 6.07) is 13.9. The lowest BCUT2D eigenvalue weighted by Gasteiger charge is -2.21. The molecule has 0 fully saturated rings. The normalized spacial score (nSPS) is 12.0. The van der Waals surface area contributed by atoms with Crippen molar-refractivity contribution >= 4 is 15.9 Å². The van der Waals surface area contributed by atoms with Crippen LogP contribution in [0.25, 0.3) is 0 Å². The first kappa shape index (κ1) is 15.9. The van der Waals surface area contributed by atoms with Crippen LogP contribution in [0.4, 0.5) is 0 Å². The molecule has 1 atom stereocenters. The molecule has 0 saturated heterocycles. The van der Waals surface area contributed by atoms with Crippen LogP contribution in [0.3, 0.4) is 0 Å². The molecule has 1 unspecified atom stereocenters. The maximum atomic E-state index is 6.07. The van der Waals surface area contributed by atoms with E-state index < -0.39 is 0 Å². The van der Waals surface area contributed by atoms with E-state index in [1.165, 1.54) is 5.56 Å². The van der Waals surface area contributed by atoms with E-state index in [2.05, 4.69) is 22.9 Å². The number of ether oxygens (including phenoxy) is 2. The van der Waals surface area contributed by atoms with Crippen molar-refractivity contribution in [3.8, 4) is 11.5 Å². The number of benzene rings is 2. The Hall–Kier alpha value is -1.52. The van der Waals surface area contributed by atoms with Crippen LogP contribution in [0.2, 0.25) is 0 Å². The van der Waals surface area contributed by atoms with Crippen molar-refractivity contribution in [1.29, 1.82) is 0 Å². The average Bonchev–Trinajstić information content (AvgIpc) is 2.53. The van der Waals surface area contributed by atoms with E-state index in [-0.39, 0.29) is 6.10 Å². The molecular weight excluding hydrogens is 330 g/mol. The monoisotopic (exact) mass is 349 g/mol. The van der Waals surface area contributed by atoms with Crippen molar-refractivity contribution < 1.29 is 9.47 Å². The van der Waals surface area contributed by atoms with Crippen LogP contribution in [0, 0.1) is 0 Å². The summed E-state index contributed by atoms with van der Waals surface area (Å²) in [6.07, 6.45) is 0.739. The van der Waals surface area contributed by atoms with Crippen LogP contribution >= 0.6 is 15.9 Å². The van der Waals surface area contributed by atoms with Crippen LogP contribution in [-0.2, 0) is 6.42 Å². The number of halogens is 1. The Kier molecular flexibility index (Phi) is 5.65. The molecule has 0 saturated carbocycles. The molecule has 0 heterocycles. The minimum absolute atomic E-state index is 0.220. The fraction of sp³-hybridized carbons (Fsp3) is 0.294. The van der Waals surface area contributed by atoms with Gasteiger partial charge in [-0.3, -0.25) is 0 Å². The number of nitrogens with two attached hydrogens (primary N) is 1. The Morgan fingerprint density at radius 2 is 1.90 bits per heavy atom. The molecule has 0 aromatic heterocycles. The summed E-state index contributed by atoms with van der Waals surface area (Å²) in [7, 11) is 1.65. The summed E-state index contributed by atoms with van der Waals surface area (Å²) < 4.78 is 12.5. The molecule has 0 bridgehead atoms. The maximum Gasteiger partial charge on any atom is 0.162 e. The van der Waals surface area contributed by atoms with Crippen LogP contribution in [0.1, 0.15) is 24.2 Å². The molecule has 2 aromatic rings. The van der Waals surface area contributed by atoms with E-state index in [1.807, 2.05) is 42.5 Å². The summed E-state index contributed by atoms with van der Waals surface area (Å²) in [5.74, 6) is 1.45. The van der Waals surface area contributed by atoms with Crippen molar-refractivity contribution in [2.75, 3.05) is 13.7 Å². The Bertz CT molecular complexity index is 601. The molecule has 0 amide bonds. The zero-order valence-corrected chi connectivity index (χ0v) is 13.9. The number of aryl methyl sites for hydroxylation is 1. The van der Waals surface area contributed by atoms with E-state index in [9.17, 15) is 0 Å². The second-order valence-corrected chi connectivity index (χ2v) is 5.56. The van der Waals surface area contributed by atoms with Gasteiger partial charge >= 0.3 is 0 Å². The van der Waals surface area contributed by atoms with Crippen molar-refractivity contribution in [2.45, 2.75) is 19.4 Å². The molecule has 0 spiro atoms. The van der Waals surface area contributed by atoms with Gasteiger partial charge in [0.05, 0.1) is 7.11 Å². The molecule has 2 N–H and O–H groups in total. The number of hydrogen-bond acceptors (Lipinski definition) is 3. The van der Waals surface area contributed by atoms with Gasteiger partial charge in [-0.15, -0.1) is 0 Å². The molecular formula is C17H20BrNO2. The predicted octanol–water partition coefficient (Wildman–Crippen LogP) is 4.10. The first-order valence-corrected chi connectivity index (χ1v) is 7.77. The van der Waals surface area contributed by atoms with Crippen molar-refractivity contribution in [3.05, 3.63) is 58.1 Å². The highest BCUT2D eigenvalue weighted by atomic mass is 79.9. The second kappa shape index (κ2) is 7.48. The van der Waals surface area contributed by atoms with E-state index >= 15 is 0 Å². The summed E-state index contributed by atoms with van der Waals surface area (Å²) in [6.45, 7) is 2.50. The third-order valence-electron chi connectivity index (χ3n) is 3.37. The van der Waals surface area contributed by atoms with E-state index in [4.69, 9.17) is 15.2 Å². The Labute approximate surface area is 134 Å². The van der Waals surface area contributed by atoms with Crippen LogP contribution in [-0.4, -0.2) is 13.7 Å². The van der Waals surface area contributed by atoms with Crippen molar-refractivity contribution in [1.82, 2.24) is 0 Å². The fourth-order valence-electron chi connectivity index (χ4n) is 2.16. The SMILES string of the molecule is CCc1ccc(OC(CN)c2ccccc2Br)c(OC)c1. The summed E-state index contributed by atoms with van der Waals surface area (Å²) in [5, 5.41) is 0. The number of rotatable bonds is 6. The third-order valence-corrected chi connectivity index (χ3v) is 4.09. The van der Waals surface area contributed by atoms with Gasteiger partial charge in [0.25, 0.3) is 0 Å². The molecule has 0 aliphatic rings. The minimum Gasteiger partial charge on any atom is -0.493 e. The zero-order chi connectivity index (χ0) is 15.2. The highest BCUT2D eigenvalue weighted by molar-refractivity contribution is 9.10. The first-order chi connectivity index (χ1) is 10.2. The van der Waals surface area contributed by atoms with Gasteiger partial charge in [0.1, 0.15) is 6.10 Å². The molecule has 112 valence electrons. The fourth-order valence-corrected chi connectivity index (χ4v) is 2.70. The largest absolute Gasteiger partial charge is 0.493 e. The van der Waals surface area contributed by atoms with Gasteiger partial charge in [0.2, 0.25) is 0 Å². The molecule has 2 rings (SSSR count). The van der Waals surface area contributed by atoms with Crippen LogP contribution < -0.4 is 15.2 Å². The van der Waals surface area contributed by atoms with E-state index in [0.29, 0.717) is 12.3 Å². The molecule has 4 heteroatoms. The summed E-state index contributed by atoms with van der Waals surface area (Å²) in [4.78, 5) is 0. The molecule has 0 radical (unpaired) electrons. The topological polar surface area (TPSA) is 44.5 Å². The Morgan fingerprint density at radius 1 is 1.14 bits per heavy atom. The smallest absolute Gasteiger partial charge is 0.162 e. The van der Waals surface area contributed by atoms with Crippen molar-refractivity contribution in [2.24, 2.45) is 5.73 Å². The average molecular weight is 350 g/mol. The summed E-state index contributed by atoms with van der Waals surface area (Å²) >= 11 is 3.54. The van der Waals surface area contributed by atoms with Gasteiger partial charge in [0, 0.05) is 16.6 Å². The van der Waals surface area contributed by atoms with Gasteiger partial charge in [0.15, 0.2) is 11.5 Å². The van der Waals surface area contributed by atoms with Gasteiger partial charge in [-0.1, -0.05) is 47.1 Å². The van der Waals surface area contributed by atoms with Crippen LogP contribution in [0.5, 0.6) is 11.5 Å². The lowest BCUT2D eigenvalue weighted by molar-refractivity contribution is 0.203. The summed E-state index contributed by atoms with van der Waals surface area (Å²) in [5.41, 5.74) is 8.12. The first-order valence-electron chi connectivity index (χ1n) is 6.97. The van der Waals surface area contributed by atoms with Gasteiger partial charge < -0.3 is 15.2 Å². The quantitative estimate of drug-likeness (QED) is 0.853. The number of methoxy groups -OCH3 is 1. The van der Waals surface area contributed by atoms with Crippen LogP contribution in [0.15, 0.2) is 46.9 Å². The Balaban J connectivity index is 2.29. The minimum atomic E-state index is -0.220. The Morgan fingerprint density at radius 3 is 2.52 bits per heavy atom. The van der Waals surface area contributed by atoms with Crippen molar-refractivity contribution in [3.63, 3.8) is 0 Å². The standard InChI is InChI=1S/C17H20BrNO2/c1-3-12-8-9-15(16(10-12)20-2)21-17(11-19)13-6-4-5-7-14(13)18/h4-10,17H,3,11,19H2,1-2H3. The maximum absolute atomic E-state index is 6.07. The number of hydrogen-bond donors (Lipinski definition) is 1. The van der Waals surface area contributed by atoms with Gasteiger partial charge in [-0.05, 0) is 30.2 Å². The second-order valence-electron chi connectivity index (χ2n) is 4.70. The highest BCUT2D eigenvalue weighted by Crippen LogP contribution is 2.33. The molecule has 3 nitrogen and oxygen atoms in total. The molecule has 2 aromatic carbocycles. The lowest BCUT2D eigenvalue weighted by Crippen LogP contribution is -2.19. The molecule has 0 aliphatic carbocycles. The third kappa shape index (κ3) is 3.77. The van der Waals surface area contributed by atoms with Gasteiger partial charge in [-0.2, -0.15) is 0 Å². The van der Waals surface area contributed by atoms with Gasteiger partial charge in [-0.25, -0.2) is 0 Å². The molecule has 0 aliphatic heterocycles. The molecule has 21 heavy (non-hydrogen) atoms. The highest BCUT2D eigenvalue weighted by Gasteiger charge is 2.16.